The number of hydrogen-bond acceptors (Lipinski definition) is 10. The minimum atomic E-state index is -0.640. The molecule has 57 heavy (non-hydrogen) atoms. The second-order valence-corrected chi connectivity index (χ2v) is 14.5. The normalized spacial score (nSPS) is 15.5. The molecular formula is C41H34ClN7O8. The zero-order valence-electron chi connectivity index (χ0n) is 30.5. The standard InChI is InChI=1S/C41H34ClN7O8/c1-45-14-16-46(17-15-45)37(51)25-18-24(20-26(21-25)48-40(54)30-7-3-5-28-33(42)9-8-31(35(28)30)41(48)55)36(50)44-11-10-43-12-13-47-38(52)29-6-2-4-23-19-27(49(56)57)22-32(34(23)29)39(47)53/h2-9,18-22,43H,10-17H2,1H3,(H,44,50). The first kappa shape index (κ1) is 37.4. The van der Waals surface area contributed by atoms with E-state index >= 15 is 0 Å². The van der Waals surface area contributed by atoms with Crippen LogP contribution in [0.2, 0.25) is 5.02 Å². The molecule has 15 nitrogen and oxygen atoms in total. The number of nitro groups is 1. The lowest BCUT2D eigenvalue weighted by Gasteiger charge is -2.33. The first-order valence-electron chi connectivity index (χ1n) is 18.2. The Kier molecular flexibility index (Phi) is 9.73. The molecule has 0 radical (unpaired) electrons. The third-order valence-electron chi connectivity index (χ3n) is 10.6. The van der Waals surface area contributed by atoms with Crippen LogP contribution in [0.1, 0.15) is 62.1 Å². The topological polar surface area (TPSA) is 183 Å². The van der Waals surface area contributed by atoms with E-state index in [1.165, 1.54) is 30.3 Å². The van der Waals surface area contributed by atoms with E-state index in [9.17, 15) is 38.9 Å². The van der Waals surface area contributed by atoms with Gasteiger partial charge in [0.05, 0.1) is 16.2 Å². The van der Waals surface area contributed by atoms with E-state index in [0.717, 1.165) is 9.80 Å². The third kappa shape index (κ3) is 6.64. The Morgan fingerprint density at radius 3 is 2.14 bits per heavy atom. The van der Waals surface area contributed by atoms with Crippen molar-refractivity contribution in [1.82, 2.24) is 25.3 Å². The number of nitro benzene ring substituents is 1. The maximum atomic E-state index is 14.0. The lowest BCUT2D eigenvalue weighted by molar-refractivity contribution is -0.384. The molecule has 2 N–H and O–H groups in total. The fourth-order valence-corrected chi connectivity index (χ4v) is 7.84. The van der Waals surface area contributed by atoms with E-state index in [1.54, 1.807) is 53.4 Å². The van der Waals surface area contributed by atoms with Crippen molar-refractivity contribution in [3.05, 3.63) is 127 Å². The molecular weight excluding hydrogens is 754 g/mol. The summed E-state index contributed by atoms with van der Waals surface area (Å²) in [7, 11) is 1.96. The lowest BCUT2D eigenvalue weighted by atomic mass is 9.93. The molecule has 3 aliphatic heterocycles. The zero-order valence-corrected chi connectivity index (χ0v) is 31.3. The van der Waals surface area contributed by atoms with Gasteiger partial charge in [-0.2, -0.15) is 0 Å². The molecule has 5 aromatic carbocycles. The molecule has 8 rings (SSSR count). The van der Waals surface area contributed by atoms with Gasteiger partial charge in [0.1, 0.15) is 0 Å². The Bertz CT molecular complexity index is 2580. The number of amides is 6. The van der Waals surface area contributed by atoms with E-state index in [0.29, 0.717) is 52.7 Å². The smallest absolute Gasteiger partial charge is 0.270 e. The van der Waals surface area contributed by atoms with Crippen molar-refractivity contribution < 1.29 is 33.7 Å². The molecule has 6 amide bonds. The number of piperazine rings is 1. The molecule has 3 aliphatic rings. The quantitative estimate of drug-likeness (QED) is 0.0893. The minimum Gasteiger partial charge on any atom is -0.351 e. The number of carbonyl (C=O) groups excluding carboxylic acids is 6. The van der Waals surface area contributed by atoms with Crippen molar-refractivity contribution in [3.63, 3.8) is 0 Å². The van der Waals surface area contributed by atoms with Gasteiger partial charge < -0.3 is 20.4 Å². The van der Waals surface area contributed by atoms with Crippen molar-refractivity contribution in [1.29, 1.82) is 0 Å². The van der Waals surface area contributed by atoms with Gasteiger partial charge in [0, 0.05) is 113 Å². The molecule has 1 saturated heterocycles. The first-order chi connectivity index (χ1) is 27.4. The molecule has 0 saturated carbocycles. The number of carbonyl (C=O) groups is 6. The number of imide groups is 2. The Morgan fingerprint density at radius 1 is 0.737 bits per heavy atom. The number of rotatable bonds is 10. The van der Waals surface area contributed by atoms with Crippen LogP contribution in [0, 0.1) is 10.1 Å². The van der Waals surface area contributed by atoms with Crippen molar-refractivity contribution in [3.8, 4) is 0 Å². The summed E-state index contributed by atoms with van der Waals surface area (Å²) in [5.41, 5.74) is 0.862. The number of halogens is 1. The summed E-state index contributed by atoms with van der Waals surface area (Å²) in [4.78, 5) is 98.8. The van der Waals surface area contributed by atoms with Crippen LogP contribution < -0.4 is 15.5 Å². The number of nitrogens with zero attached hydrogens (tertiary/aromatic N) is 5. The Balaban J connectivity index is 0.976. The van der Waals surface area contributed by atoms with Crippen molar-refractivity contribution in [2.45, 2.75) is 0 Å². The van der Waals surface area contributed by atoms with Gasteiger partial charge >= 0.3 is 0 Å². The second kappa shape index (κ2) is 14.8. The molecule has 0 aliphatic carbocycles. The summed E-state index contributed by atoms with van der Waals surface area (Å²) < 4.78 is 0. The average molecular weight is 788 g/mol. The van der Waals surface area contributed by atoms with Crippen molar-refractivity contribution in [2.75, 3.05) is 64.3 Å². The maximum Gasteiger partial charge on any atom is 0.270 e. The van der Waals surface area contributed by atoms with E-state index < -0.39 is 34.5 Å². The fourth-order valence-electron chi connectivity index (χ4n) is 7.61. The Hall–Kier alpha value is -6.55. The van der Waals surface area contributed by atoms with Crippen molar-refractivity contribution in [2.24, 2.45) is 0 Å². The molecule has 288 valence electrons. The summed E-state index contributed by atoms with van der Waals surface area (Å²) in [5, 5.41) is 19.6. The predicted molar refractivity (Wildman–Crippen MR) is 211 cm³/mol. The van der Waals surface area contributed by atoms with E-state index in [2.05, 4.69) is 15.5 Å². The van der Waals surface area contributed by atoms with Crippen LogP contribution in [-0.2, 0) is 0 Å². The highest BCUT2D eigenvalue weighted by molar-refractivity contribution is 6.41. The van der Waals surface area contributed by atoms with Gasteiger partial charge in [0.25, 0.3) is 41.1 Å². The van der Waals surface area contributed by atoms with Crippen LogP contribution in [0.25, 0.3) is 21.5 Å². The molecule has 16 heteroatoms. The molecule has 3 heterocycles. The number of anilines is 1. The van der Waals surface area contributed by atoms with Gasteiger partial charge in [-0.3, -0.25) is 43.8 Å². The van der Waals surface area contributed by atoms with Crippen LogP contribution in [0.4, 0.5) is 11.4 Å². The van der Waals surface area contributed by atoms with Crippen LogP contribution in [0.15, 0.2) is 78.9 Å². The van der Waals surface area contributed by atoms with Gasteiger partial charge in [0.2, 0.25) is 0 Å². The summed E-state index contributed by atoms with van der Waals surface area (Å²) in [6.45, 7) is 2.67. The van der Waals surface area contributed by atoms with Crippen LogP contribution in [0.5, 0.6) is 0 Å². The van der Waals surface area contributed by atoms with E-state index in [4.69, 9.17) is 11.6 Å². The van der Waals surface area contributed by atoms with Gasteiger partial charge in [-0.15, -0.1) is 0 Å². The fraction of sp³-hybridized carbons (Fsp3) is 0.220. The molecule has 0 bridgehead atoms. The molecule has 5 aromatic rings. The van der Waals surface area contributed by atoms with Gasteiger partial charge in [0.15, 0.2) is 0 Å². The molecule has 1 fully saturated rings. The molecule has 0 unspecified atom stereocenters. The Morgan fingerprint density at radius 2 is 1.40 bits per heavy atom. The Labute approximate surface area is 329 Å². The SMILES string of the molecule is CN1CCN(C(=O)c2cc(C(=O)NCCNCCN3C(=O)c4cccc5cc([N+](=O)[O-])cc(c45)C3=O)cc(N3C(=O)c4cccc5c(Cl)ccc(c45)C3=O)c2)CC1. The molecule has 0 spiro atoms. The predicted octanol–water partition coefficient (Wildman–Crippen LogP) is 4.36. The summed E-state index contributed by atoms with van der Waals surface area (Å²) >= 11 is 6.41. The van der Waals surface area contributed by atoms with E-state index in [1.807, 2.05) is 7.05 Å². The highest BCUT2D eigenvalue weighted by Gasteiger charge is 2.36. The summed E-state index contributed by atoms with van der Waals surface area (Å²) in [6, 6.07) is 19.8. The summed E-state index contributed by atoms with van der Waals surface area (Å²) in [6.07, 6.45) is 0. The maximum absolute atomic E-state index is 14.0. The molecule has 0 aromatic heterocycles. The molecule has 0 atom stereocenters. The van der Waals surface area contributed by atoms with E-state index in [-0.39, 0.29) is 76.8 Å². The average Bonchev–Trinajstić information content (AvgIpc) is 3.21. The van der Waals surface area contributed by atoms with Crippen LogP contribution in [0.3, 0.4) is 0 Å². The zero-order chi connectivity index (χ0) is 40.1. The monoisotopic (exact) mass is 787 g/mol. The first-order valence-corrected chi connectivity index (χ1v) is 18.6. The van der Waals surface area contributed by atoms with Crippen molar-refractivity contribution >= 4 is 80.0 Å². The van der Waals surface area contributed by atoms with Gasteiger partial charge in [-0.05, 0) is 54.9 Å². The third-order valence-corrected chi connectivity index (χ3v) is 10.9. The number of likely N-dealkylation sites (N-methyl/N-ethyl adjacent to an activating group) is 1. The highest BCUT2D eigenvalue weighted by atomic mass is 35.5. The second-order valence-electron chi connectivity index (χ2n) is 14.1. The minimum absolute atomic E-state index is 0.0368. The lowest BCUT2D eigenvalue weighted by Crippen LogP contribution is -2.47. The number of non-ortho nitro benzene ring substituents is 1. The van der Waals surface area contributed by atoms with Gasteiger partial charge in [-0.1, -0.05) is 35.9 Å². The summed E-state index contributed by atoms with van der Waals surface area (Å²) in [5.74, 6) is -3.31. The number of nitrogens with one attached hydrogen (secondary N) is 2. The number of benzene rings is 5. The van der Waals surface area contributed by atoms with Crippen LogP contribution >= 0.6 is 11.6 Å². The number of hydrogen-bond donors (Lipinski definition) is 2. The van der Waals surface area contributed by atoms with Crippen LogP contribution in [-0.4, -0.2) is 114 Å². The van der Waals surface area contributed by atoms with Gasteiger partial charge in [-0.25, -0.2) is 4.90 Å². The largest absolute Gasteiger partial charge is 0.351 e. The highest BCUT2D eigenvalue weighted by Crippen LogP contribution is 2.37.